The van der Waals surface area contributed by atoms with Crippen LogP contribution >= 0.6 is 11.3 Å². The quantitative estimate of drug-likeness (QED) is 0.659. The third-order valence-electron chi connectivity index (χ3n) is 3.63. The zero-order valence-corrected chi connectivity index (χ0v) is 15.3. The molecule has 138 valence electrons. The molecular formula is C20H17FN2O3S. The maximum absolute atomic E-state index is 13.0. The highest BCUT2D eigenvalue weighted by atomic mass is 32.1. The van der Waals surface area contributed by atoms with Crippen molar-refractivity contribution in [3.63, 3.8) is 0 Å². The number of hydrazine groups is 1. The largest absolute Gasteiger partial charge is 0.484 e. The van der Waals surface area contributed by atoms with Gasteiger partial charge in [-0.3, -0.25) is 20.4 Å². The Morgan fingerprint density at radius 1 is 1.04 bits per heavy atom. The Morgan fingerprint density at radius 3 is 2.56 bits per heavy atom. The molecule has 0 saturated carbocycles. The van der Waals surface area contributed by atoms with Gasteiger partial charge in [0.15, 0.2) is 6.61 Å². The zero-order valence-electron chi connectivity index (χ0n) is 14.5. The van der Waals surface area contributed by atoms with Crippen LogP contribution in [0.5, 0.6) is 5.75 Å². The Kier molecular flexibility index (Phi) is 5.83. The Labute approximate surface area is 159 Å². The molecule has 27 heavy (non-hydrogen) atoms. The molecule has 0 unspecified atom stereocenters. The lowest BCUT2D eigenvalue weighted by Crippen LogP contribution is -2.43. The first-order valence-corrected chi connectivity index (χ1v) is 8.97. The van der Waals surface area contributed by atoms with E-state index in [1.54, 1.807) is 30.3 Å². The number of amides is 2. The second-order valence-electron chi connectivity index (χ2n) is 5.78. The van der Waals surface area contributed by atoms with Gasteiger partial charge in [0.25, 0.3) is 11.8 Å². The minimum atomic E-state index is -0.472. The van der Waals surface area contributed by atoms with Gasteiger partial charge < -0.3 is 4.74 Å². The fourth-order valence-electron chi connectivity index (χ4n) is 2.31. The number of benzene rings is 2. The molecule has 0 saturated heterocycles. The topological polar surface area (TPSA) is 67.4 Å². The number of rotatable bonds is 5. The van der Waals surface area contributed by atoms with E-state index >= 15 is 0 Å². The Hall–Kier alpha value is -3.19. The molecule has 1 heterocycles. The van der Waals surface area contributed by atoms with E-state index in [0.29, 0.717) is 10.6 Å². The molecular weight excluding hydrogens is 367 g/mol. The van der Waals surface area contributed by atoms with E-state index in [2.05, 4.69) is 10.9 Å². The maximum atomic E-state index is 13.0. The van der Waals surface area contributed by atoms with Gasteiger partial charge in [-0.05, 0) is 54.4 Å². The van der Waals surface area contributed by atoms with Crippen LogP contribution in [0.25, 0.3) is 10.4 Å². The second-order valence-corrected chi connectivity index (χ2v) is 6.86. The number of aryl methyl sites for hydroxylation is 1. The van der Waals surface area contributed by atoms with E-state index < -0.39 is 11.8 Å². The molecule has 7 heteroatoms. The predicted molar refractivity (Wildman–Crippen MR) is 102 cm³/mol. The lowest BCUT2D eigenvalue weighted by molar-refractivity contribution is -0.123. The lowest BCUT2D eigenvalue weighted by Gasteiger charge is -2.08. The van der Waals surface area contributed by atoms with Crippen molar-refractivity contribution in [3.8, 4) is 16.2 Å². The smallest absolute Gasteiger partial charge is 0.279 e. The van der Waals surface area contributed by atoms with Crippen LogP contribution in [0.3, 0.4) is 0 Å². The van der Waals surface area contributed by atoms with Crippen LogP contribution in [0.15, 0.2) is 60.7 Å². The number of carbonyl (C=O) groups excluding carboxylic acids is 2. The molecule has 1 aromatic heterocycles. The molecule has 0 radical (unpaired) electrons. The fraction of sp³-hybridized carbons (Fsp3) is 0.100. The summed E-state index contributed by atoms with van der Waals surface area (Å²) in [6, 6.07) is 16.8. The lowest BCUT2D eigenvalue weighted by atomic mass is 10.2. The fourth-order valence-corrected chi connectivity index (χ4v) is 3.21. The van der Waals surface area contributed by atoms with Crippen molar-refractivity contribution in [2.24, 2.45) is 0 Å². The third-order valence-corrected chi connectivity index (χ3v) is 4.77. The van der Waals surface area contributed by atoms with Crippen molar-refractivity contribution in [1.82, 2.24) is 10.9 Å². The summed E-state index contributed by atoms with van der Waals surface area (Å²) in [6.45, 7) is 1.71. The van der Waals surface area contributed by atoms with Gasteiger partial charge >= 0.3 is 0 Å². The summed E-state index contributed by atoms with van der Waals surface area (Å²) in [6.07, 6.45) is 0. The average molecular weight is 384 g/mol. The molecule has 0 bridgehead atoms. The number of thiophene rings is 1. The molecule has 0 aliphatic carbocycles. The highest BCUT2D eigenvalue weighted by Crippen LogP contribution is 2.28. The normalized spacial score (nSPS) is 10.3. The monoisotopic (exact) mass is 384 g/mol. The van der Waals surface area contributed by atoms with Crippen molar-refractivity contribution in [2.75, 3.05) is 6.61 Å². The molecule has 0 spiro atoms. The molecule has 2 amide bonds. The van der Waals surface area contributed by atoms with Gasteiger partial charge in [0.2, 0.25) is 0 Å². The summed E-state index contributed by atoms with van der Waals surface area (Å²) in [5, 5.41) is 0. The van der Waals surface area contributed by atoms with E-state index in [1.165, 1.54) is 23.5 Å². The summed E-state index contributed by atoms with van der Waals surface area (Å²) in [5.74, 6) is -0.639. The van der Waals surface area contributed by atoms with Crippen molar-refractivity contribution in [2.45, 2.75) is 6.92 Å². The summed E-state index contributed by atoms with van der Waals surface area (Å²) in [5.41, 5.74) is 6.51. The molecule has 0 aliphatic rings. The first-order chi connectivity index (χ1) is 13.0. The maximum Gasteiger partial charge on any atom is 0.279 e. The van der Waals surface area contributed by atoms with Crippen LogP contribution in [0.2, 0.25) is 0 Å². The number of hydrogen-bond acceptors (Lipinski definition) is 4. The predicted octanol–water partition coefficient (Wildman–Crippen LogP) is 3.70. The Balaban J connectivity index is 1.50. The molecule has 2 N–H and O–H groups in total. The van der Waals surface area contributed by atoms with Gasteiger partial charge in [0.05, 0.1) is 4.88 Å². The first-order valence-electron chi connectivity index (χ1n) is 8.16. The highest BCUT2D eigenvalue weighted by Gasteiger charge is 2.12. The summed E-state index contributed by atoms with van der Waals surface area (Å²) < 4.78 is 18.4. The minimum Gasteiger partial charge on any atom is -0.484 e. The summed E-state index contributed by atoms with van der Waals surface area (Å²) in [4.78, 5) is 25.2. The third kappa shape index (κ3) is 5.15. The number of nitrogens with one attached hydrogen (secondary N) is 2. The number of hydrogen-bond donors (Lipinski definition) is 2. The Bertz CT molecular complexity index is 954. The molecule has 5 nitrogen and oxygen atoms in total. The van der Waals surface area contributed by atoms with E-state index in [1.807, 2.05) is 25.1 Å². The minimum absolute atomic E-state index is 0.213. The van der Waals surface area contributed by atoms with Crippen molar-refractivity contribution in [3.05, 3.63) is 76.9 Å². The van der Waals surface area contributed by atoms with E-state index in [4.69, 9.17) is 4.74 Å². The Morgan fingerprint density at radius 2 is 1.81 bits per heavy atom. The van der Waals surface area contributed by atoms with Gasteiger partial charge in [-0.25, -0.2) is 4.39 Å². The van der Waals surface area contributed by atoms with Gasteiger partial charge in [-0.2, -0.15) is 0 Å². The molecule has 0 aliphatic heterocycles. The van der Waals surface area contributed by atoms with E-state index in [9.17, 15) is 14.0 Å². The van der Waals surface area contributed by atoms with Crippen LogP contribution in [0.4, 0.5) is 4.39 Å². The highest BCUT2D eigenvalue weighted by molar-refractivity contribution is 7.17. The number of halogens is 1. The van der Waals surface area contributed by atoms with E-state index in [-0.39, 0.29) is 12.4 Å². The molecule has 2 aromatic carbocycles. The van der Waals surface area contributed by atoms with Gasteiger partial charge in [-0.15, -0.1) is 11.3 Å². The average Bonchev–Trinajstić information content (AvgIpc) is 3.15. The molecule has 0 atom stereocenters. The van der Waals surface area contributed by atoms with Crippen LogP contribution in [0, 0.1) is 12.7 Å². The second kappa shape index (κ2) is 8.46. The first kappa shape index (κ1) is 18.6. The summed E-state index contributed by atoms with van der Waals surface area (Å²) >= 11 is 1.25. The molecule has 0 fully saturated rings. The zero-order chi connectivity index (χ0) is 19.2. The van der Waals surface area contributed by atoms with Crippen LogP contribution < -0.4 is 15.6 Å². The van der Waals surface area contributed by atoms with Crippen molar-refractivity contribution in [1.29, 1.82) is 0 Å². The van der Waals surface area contributed by atoms with Crippen LogP contribution in [-0.2, 0) is 4.79 Å². The number of ether oxygens (including phenoxy) is 1. The van der Waals surface area contributed by atoms with Crippen LogP contribution in [-0.4, -0.2) is 18.4 Å². The van der Waals surface area contributed by atoms with Crippen molar-refractivity contribution >= 4 is 23.2 Å². The summed E-state index contributed by atoms with van der Waals surface area (Å²) in [7, 11) is 0. The standard InChI is InChI=1S/C20H17FN2O3S/c1-13-3-2-4-16(11-13)26-12-19(24)22-23-20(25)18-10-9-17(27-18)14-5-7-15(21)8-6-14/h2-11H,12H2,1H3,(H,22,24)(H,23,25). The molecule has 3 rings (SSSR count). The molecule has 3 aromatic rings. The van der Waals surface area contributed by atoms with Gasteiger partial charge in [-0.1, -0.05) is 24.3 Å². The SMILES string of the molecule is Cc1cccc(OCC(=O)NNC(=O)c2ccc(-c3ccc(F)cc3)s2)c1. The number of carbonyl (C=O) groups is 2. The van der Waals surface area contributed by atoms with E-state index in [0.717, 1.165) is 16.0 Å². The van der Waals surface area contributed by atoms with Gasteiger partial charge in [0, 0.05) is 4.88 Å². The van der Waals surface area contributed by atoms with Crippen LogP contribution in [0.1, 0.15) is 15.2 Å². The van der Waals surface area contributed by atoms with Crippen molar-refractivity contribution < 1.29 is 18.7 Å². The van der Waals surface area contributed by atoms with Gasteiger partial charge in [0.1, 0.15) is 11.6 Å².